The number of carbonyl (C=O) groups is 2. The summed E-state index contributed by atoms with van der Waals surface area (Å²) in [6.07, 6.45) is 6.75. The third-order valence-corrected chi connectivity index (χ3v) is 4.35. The number of pyridine rings is 1. The van der Waals surface area contributed by atoms with Crippen molar-refractivity contribution >= 4 is 11.9 Å². The van der Waals surface area contributed by atoms with Crippen LogP contribution in [0.25, 0.3) is 0 Å². The van der Waals surface area contributed by atoms with Gasteiger partial charge in [0.1, 0.15) is 12.1 Å². The van der Waals surface area contributed by atoms with Crippen LogP contribution in [0.15, 0.2) is 18.3 Å². The molecule has 6 heteroatoms. The number of ether oxygens (including phenoxy) is 1. The lowest BCUT2D eigenvalue weighted by molar-refractivity contribution is -0.140. The van der Waals surface area contributed by atoms with Gasteiger partial charge in [-0.3, -0.25) is 4.79 Å². The highest BCUT2D eigenvalue weighted by Crippen LogP contribution is 2.22. The van der Waals surface area contributed by atoms with Crippen molar-refractivity contribution in [3.8, 4) is 5.88 Å². The van der Waals surface area contributed by atoms with Crippen LogP contribution < -0.4 is 10.1 Å². The Morgan fingerprint density at radius 2 is 2.09 bits per heavy atom. The maximum atomic E-state index is 12.2. The molecule has 2 rings (SSSR count). The van der Waals surface area contributed by atoms with Gasteiger partial charge in [-0.1, -0.05) is 20.3 Å². The summed E-state index contributed by atoms with van der Waals surface area (Å²) < 4.78 is 5.75. The number of carboxylic acids is 1. The van der Waals surface area contributed by atoms with Crippen LogP contribution in [-0.4, -0.2) is 34.1 Å². The summed E-state index contributed by atoms with van der Waals surface area (Å²) in [4.78, 5) is 27.6. The van der Waals surface area contributed by atoms with Crippen LogP contribution in [-0.2, 0) is 4.79 Å². The minimum Gasteiger partial charge on any atom is -0.480 e. The summed E-state index contributed by atoms with van der Waals surface area (Å²) in [6, 6.07) is 2.37. The molecule has 0 aromatic carbocycles. The largest absolute Gasteiger partial charge is 0.480 e. The molecule has 1 saturated carbocycles. The molecule has 23 heavy (non-hydrogen) atoms. The highest BCUT2D eigenvalue weighted by atomic mass is 16.5. The van der Waals surface area contributed by atoms with Crippen LogP contribution >= 0.6 is 0 Å². The third kappa shape index (κ3) is 4.68. The van der Waals surface area contributed by atoms with Crippen molar-refractivity contribution in [3.63, 3.8) is 0 Å². The number of aliphatic carboxylic acids is 1. The number of nitrogens with zero attached hydrogens (tertiary/aromatic N) is 1. The van der Waals surface area contributed by atoms with E-state index in [1.165, 1.54) is 19.0 Å². The topological polar surface area (TPSA) is 88.5 Å². The van der Waals surface area contributed by atoms with Crippen molar-refractivity contribution < 1.29 is 19.4 Å². The molecule has 2 N–H and O–H groups in total. The van der Waals surface area contributed by atoms with Gasteiger partial charge >= 0.3 is 5.97 Å². The Morgan fingerprint density at radius 1 is 1.39 bits per heavy atom. The molecule has 0 spiro atoms. The van der Waals surface area contributed by atoms with E-state index in [4.69, 9.17) is 4.74 Å². The van der Waals surface area contributed by atoms with E-state index < -0.39 is 17.9 Å². The van der Waals surface area contributed by atoms with Gasteiger partial charge in [-0.2, -0.15) is 0 Å². The van der Waals surface area contributed by atoms with Crippen molar-refractivity contribution in [2.75, 3.05) is 0 Å². The summed E-state index contributed by atoms with van der Waals surface area (Å²) in [5.74, 6) is -1.10. The number of carboxylic acid groups (broad SMARTS) is 1. The number of carbonyl (C=O) groups excluding carboxylic acids is 1. The van der Waals surface area contributed by atoms with Crippen LogP contribution in [0.2, 0.25) is 0 Å². The molecule has 0 saturated heterocycles. The van der Waals surface area contributed by atoms with Gasteiger partial charge in [0, 0.05) is 12.3 Å². The number of hydrogen-bond acceptors (Lipinski definition) is 4. The Morgan fingerprint density at radius 3 is 2.61 bits per heavy atom. The Balaban J connectivity index is 1.97. The molecule has 1 aliphatic rings. The quantitative estimate of drug-likeness (QED) is 0.806. The van der Waals surface area contributed by atoms with Gasteiger partial charge < -0.3 is 15.2 Å². The fourth-order valence-electron chi connectivity index (χ4n) is 2.67. The van der Waals surface area contributed by atoms with Crippen LogP contribution in [0.1, 0.15) is 56.3 Å². The smallest absolute Gasteiger partial charge is 0.326 e. The van der Waals surface area contributed by atoms with E-state index in [1.807, 2.05) is 6.92 Å². The molecule has 2 unspecified atom stereocenters. The van der Waals surface area contributed by atoms with Gasteiger partial charge in [0.2, 0.25) is 5.88 Å². The molecule has 0 bridgehead atoms. The van der Waals surface area contributed by atoms with Crippen LogP contribution in [0, 0.1) is 5.92 Å². The lowest BCUT2D eigenvalue weighted by Gasteiger charge is -2.20. The Hall–Kier alpha value is -2.11. The summed E-state index contributed by atoms with van der Waals surface area (Å²) >= 11 is 0. The van der Waals surface area contributed by atoms with E-state index in [0.29, 0.717) is 17.9 Å². The first-order chi connectivity index (χ1) is 11.0. The number of aromatic nitrogens is 1. The van der Waals surface area contributed by atoms with E-state index >= 15 is 0 Å². The molecule has 1 amide bonds. The maximum Gasteiger partial charge on any atom is 0.326 e. The normalized spacial score (nSPS) is 17.5. The average Bonchev–Trinajstić information content (AvgIpc) is 3.05. The Kier molecular flexibility index (Phi) is 5.96. The van der Waals surface area contributed by atoms with Gasteiger partial charge in [0.15, 0.2) is 0 Å². The van der Waals surface area contributed by atoms with Crippen molar-refractivity contribution in [2.45, 2.75) is 58.1 Å². The summed E-state index contributed by atoms with van der Waals surface area (Å²) in [5.41, 5.74) is 0.332. The second-order valence-electron chi connectivity index (χ2n) is 6.08. The fourth-order valence-corrected chi connectivity index (χ4v) is 2.67. The first-order valence-electron chi connectivity index (χ1n) is 8.17. The van der Waals surface area contributed by atoms with E-state index in [2.05, 4.69) is 10.3 Å². The van der Waals surface area contributed by atoms with Gasteiger partial charge in [-0.25, -0.2) is 9.78 Å². The Labute approximate surface area is 136 Å². The van der Waals surface area contributed by atoms with Gasteiger partial charge in [0.05, 0.1) is 5.56 Å². The van der Waals surface area contributed by atoms with Crippen molar-refractivity contribution in [1.29, 1.82) is 0 Å². The number of hydrogen-bond donors (Lipinski definition) is 2. The van der Waals surface area contributed by atoms with E-state index in [-0.39, 0.29) is 12.0 Å². The van der Waals surface area contributed by atoms with Gasteiger partial charge in [-0.05, 0) is 37.7 Å². The highest BCUT2D eigenvalue weighted by Gasteiger charge is 2.26. The van der Waals surface area contributed by atoms with E-state index in [0.717, 1.165) is 12.8 Å². The highest BCUT2D eigenvalue weighted by molar-refractivity contribution is 5.96. The Bertz CT molecular complexity index is 538. The summed E-state index contributed by atoms with van der Waals surface area (Å²) in [6.45, 7) is 3.69. The van der Waals surface area contributed by atoms with Crippen LogP contribution in [0.3, 0.4) is 0 Å². The molecule has 1 fully saturated rings. The second-order valence-corrected chi connectivity index (χ2v) is 6.08. The minimum absolute atomic E-state index is 0.144. The summed E-state index contributed by atoms with van der Waals surface area (Å²) in [5, 5.41) is 11.8. The molecule has 0 aliphatic heterocycles. The number of nitrogens with one attached hydrogen (secondary N) is 1. The number of rotatable bonds is 7. The van der Waals surface area contributed by atoms with Crippen molar-refractivity contribution in [2.24, 2.45) is 5.92 Å². The predicted octanol–water partition coefficient (Wildman–Crippen LogP) is 2.63. The molecule has 1 aromatic heterocycles. The van der Waals surface area contributed by atoms with E-state index in [1.54, 1.807) is 19.1 Å². The third-order valence-electron chi connectivity index (χ3n) is 4.35. The molecule has 1 heterocycles. The molecule has 126 valence electrons. The SMILES string of the molecule is CCC(C)C(NC(=O)c1ccc(OC2CCCC2)nc1)C(=O)O. The molecule has 1 aromatic rings. The van der Waals surface area contributed by atoms with Crippen molar-refractivity contribution in [3.05, 3.63) is 23.9 Å². The van der Waals surface area contributed by atoms with Gasteiger partial charge in [0.25, 0.3) is 5.91 Å². The van der Waals surface area contributed by atoms with Crippen LogP contribution in [0.5, 0.6) is 5.88 Å². The van der Waals surface area contributed by atoms with Crippen molar-refractivity contribution in [1.82, 2.24) is 10.3 Å². The molecule has 0 radical (unpaired) electrons. The van der Waals surface area contributed by atoms with Crippen LogP contribution in [0.4, 0.5) is 0 Å². The summed E-state index contributed by atoms with van der Waals surface area (Å²) in [7, 11) is 0. The first kappa shape index (κ1) is 17.2. The molecule has 1 aliphatic carbocycles. The molecule has 2 atom stereocenters. The molecule has 6 nitrogen and oxygen atoms in total. The fraction of sp³-hybridized carbons (Fsp3) is 0.588. The predicted molar refractivity (Wildman–Crippen MR) is 85.5 cm³/mol. The molecular formula is C17H24N2O4. The van der Waals surface area contributed by atoms with Gasteiger partial charge in [-0.15, -0.1) is 0 Å². The number of amides is 1. The maximum absolute atomic E-state index is 12.2. The minimum atomic E-state index is -1.03. The zero-order chi connectivity index (χ0) is 16.8. The molecular weight excluding hydrogens is 296 g/mol. The standard InChI is InChI=1S/C17H24N2O4/c1-3-11(2)15(17(21)22)19-16(20)12-8-9-14(18-10-12)23-13-6-4-5-7-13/h8-11,13,15H,3-7H2,1-2H3,(H,19,20)(H,21,22). The lowest BCUT2D eigenvalue weighted by Crippen LogP contribution is -2.45. The van der Waals surface area contributed by atoms with E-state index in [9.17, 15) is 14.7 Å². The lowest BCUT2D eigenvalue weighted by atomic mass is 9.99. The zero-order valence-corrected chi connectivity index (χ0v) is 13.6. The average molecular weight is 320 g/mol. The zero-order valence-electron chi connectivity index (χ0n) is 13.6. The monoisotopic (exact) mass is 320 g/mol. The second kappa shape index (κ2) is 7.94. The first-order valence-corrected chi connectivity index (χ1v) is 8.17.